The van der Waals surface area contributed by atoms with E-state index in [1.807, 2.05) is 12.1 Å². The van der Waals surface area contributed by atoms with Crippen LogP contribution in [0.25, 0.3) is 11.3 Å². The molecule has 8 nitrogen and oxygen atoms in total. The average Bonchev–Trinajstić information content (AvgIpc) is 3.32. The summed E-state index contributed by atoms with van der Waals surface area (Å²) in [6, 6.07) is 15.3. The van der Waals surface area contributed by atoms with Crippen LogP contribution >= 0.6 is 0 Å². The van der Waals surface area contributed by atoms with Crippen LogP contribution in [0.5, 0.6) is 5.75 Å². The minimum absolute atomic E-state index is 0.137. The molecule has 2 heterocycles. The average molecular weight is 392 g/mol. The first-order chi connectivity index (χ1) is 14.1. The van der Waals surface area contributed by atoms with E-state index < -0.39 is 24.3 Å². The fourth-order valence-electron chi connectivity index (χ4n) is 2.98. The second-order valence-corrected chi connectivity index (χ2v) is 6.31. The molecule has 1 aliphatic heterocycles. The lowest BCUT2D eigenvalue weighted by molar-refractivity contribution is -0.145. The Balaban J connectivity index is 1.35. The molecule has 8 heteroatoms. The standard InChI is InChI=1S/C21H16N2O6/c1-27-15-8-6-13(7-9-15)18-10-14(22-29-18)12-28-19(24)11-23-20(25)16-4-2-3-5-17(16)21(23)26/h2-10H,11-12H2,1H3. The van der Waals surface area contributed by atoms with Gasteiger partial charge in [0.05, 0.1) is 18.2 Å². The molecule has 0 bridgehead atoms. The molecule has 0 unspecified atom stereocenters. The van der Waals surface area contributed by atoms with Crippen molar-refractivity contribution < 1.29 is 28.4 Å². The highest BCUT2D eigenvalue weighted by Gasteiger charge is 2.36. The van der Waals surface area contributed by atoms with Crippen molar-refractivity contribution in [2.75, 3.05) is 13.7 Å². The molecule has 1 aliphatic rings. The number of carbonyl (C=O) groups is 3. The quantitative estimate of drug-likeness (QED) is 0.470. The first kappa shape index (κ1) is 18.4. The summed E-state index contributed by atoms with van der Waals surface area (Å²) in [4.78, 5) is 37.6. The first-order valence-corrected chi connectivity index (χ1v) is 8.77. The Hall–Kier alpha value is -3.94. The lowest BCUT2D eigenvalue weighted by atomic mass is 10.1. The van der Waals surface area contributed by atoms with Crippen LogP contribution in [0, 0.1) is 0 Å². The van der Waals surface area contributed by atoms with Crippen molar-refractivity contribution in [1.29, 1.82) is 0 Å². The predicted molar refractivity (Wildman–Crippen MR) is 100 cm³/mol. The molecule has 0 fully saturated rings. The Labute approximate surface area is 165 Å². The SMILES string of the molecule is COc1ccc(-c2cc(COC(=O)CN3C(=O)c4ccccc4C3=O)no2)cc1. The van der Waals surface area contributed by atoms with Gasteiger partial charge in [0.15, 0.2) is 5.76 Å². The summed E-state index contributed by atoms with van der Waals surface area (Å²) >= 11 is 0. The Bertz CT molecular complexity index is 1050. The molecule has 0 saturated carbocycles. The Morgan fingerprint density at radius 1 is 1.03 bits per heavy atom. The van der Waals surface area contributed by atoms with Gasteiger partial charge in [0.25, 0.3) is 11.8 Å². The van der Waals surface area contributed by atoms with Crippen LogP contribution < -0.4 is 4.74 Å². The molecule has 3 aromatic rings. The van der Waals surface area contributed by atoms with Gasteiger partial charge in [-0.25, -0.2) is 0 Å². The van der Waals surface area contributed by atoms with Crippen molar-refractivity contribution in [3.63, 3.8) is 0 Å². The van der Waals surface area contributed by atoms with Crippen molar-refractivity contribution in [3.05, 3.63) is 71.4 Å². The van der Waals surface area contributed by atoms with E-state index in [2.05, 4.69) is 5.16 Å². The maximum absolute atomic E-state index is 12.3. The van der Waals surface area contributed by atoms with Crippen molar-refractivity contribution >= 4 is 17.8 Å². The van der Waals surface area contributed by atoms with Gasteiger partial charge in [0.1, 0.15) is 24.6 Å². The van der Waals surface area contributed by atoms with Crippen LogP contribution in [0.4, 0.5) is 0 Å². The van der Waals surface area contributed by atoms with E-state index in [4.69, 9.17) is 14.0 Å². The number of rotatable bonds is 6. The van der Waals surface area contributed by atoms with E-state index in [1.54, 1.807) is 49.6 Å². The van der Waals surface area contributed by atoms with Gasteiger partial charge in [-0.1, -0.05) is 17.3 Å². The number of hydrogen-bond acceptors (Lipinski definition) is 7. The van der Waals surface area contributed by atoms with E-state index in [0.717, 1.165) is 16.2 Å². The topological polar surface area (TPSA) is 98.9 Å². The number of ether oxygens (including phenoxy) is 2. The lowest BCUT2D eigenvalue weighted by Crippen LogP contribution is -2.35. The number of hydrogen-bond donors (Lipinski definition) is 0. The smallest absolute Gasteiger partial charge is 0.326 e. The number of fused-ring (bicyclic) bond motifs is 1. The van der Waals surface area contributed by atoms with Gasteiger partial charge in [-0.3, -0.25) is 19.3 Å². The zero-order valence-corrected chi connectivity index (χ0v) is 15.5. The minimum Gasteiger partial charge on any atom is -0.497 e. The summed E-state index contributed by atoms with van der Waals surface area (Å²) in [7, 11) is 1.58. The van der Waals surface area contributed by atoms with E-state index in [1.165, 1.54) is 0 Å². The molecule has 1 aromatic heterocycles. The third-order valence-electron chi connectivity index (χ3n) is 4.48. The van der Waals surface area contributed by atoms with Crippen LogP contribution in [0.1, 0.15) is 26.4 Å². The molecule has 2 amide bonds. The Morgan fingerprint density at radius 3 is 2.31 bits per heavy atom. The van der Waals surface area contributed by atoms with Gasteiger partial charge in [-0.05, 0) is 36.4 Å². The minimum atomic E-state index is -0.714. The molecule has 0 radical (unpaired) electrons. The highest BCUT2D eigenvalue weighted by Crippen LogP contribution is 2.24. The number of amides is 2. The molecule has 0 aliphatic carbocycles. The molecule has 0 saturated heterocycles. The number of methoxy groups -OCH3 is 1. The molecular formula is C21H16N2O6. The highest BCUT2D eigenvalue weighted by molar-refractivity contribution is 6.22. The van der Waals surface area contributed by atoms with Gasteiger partial charge in [-0.2, -0.15) is 0 Å². The largest absolute Gasteiger partial charge is 0.497 e. The number of nitrogens with zero attached hydrogens (tertiary/aromatic N) is 2. The molecule has 0 spiro atoms. The maximum Gasteiger partial charge on any atom is 0.326 e. The van der Waals surface area contributed by atoms with Gasteiger partial charge in [0.2, 0.25) is 0 Å². The van der Waals surface area contributed by atoms with E-state index in [0.29, 0.717) is 11.5 Å². The van der Waals surface area contributed by atoms with Crippen molar-refractivity contribution in [1.82, 2.24) is 10.1 Å². The molecule has 146 valence electrons. The van der Waals surface area contributed by atoms with Gasteiger partial charge in [-0.15, -0.1) is 0 Å². The van der Waals surface area contributed by atoms with Crippen LogP contribution in [-0.2, 0) is 16.1 Å². The van der Waals surface area contributed by atoms with Gasteiger partial charge < -0.3 is 14.0 Å². The molecule has 29 heavy (non-hydrogen) atoms. The number of imide groups is 1. The number of benzene rings is 2. The van der Waals surface area contributed by atoms with Crippen LogP contribution in [0.15, 0.2) is 59.1 Å². The van der Waals surface area contributed by atoms with E-state index in [-0.39, 0.29) is 17.7 Å². The van der Waals surface area contributed by atoms with Crippen molar-refractivity contribution in [2.24, 2.45) is 0 Å². The summed E-state index contributed by atoms with van der Waals surface area (Å²) in [5.74, 6) is -0.500. The van der Waals surface area contributed by atoms with Crippen LogP contribution in [0.3, 0.4) is 0 Å². The van der Waals surface area contributed by atoms with Gasteiger partial charge >= 0.3 is 5.97 Å². The molecule has 4 rings (SSSR count). The molecule has 0 atom stereocenters. The van der Waals surface area contributed by atoms with E-state index in [9.17, 15) is 14.4 Å². The van der Waals surface area contributed by atoms with Crippen LogP contribution in [0.2, 0.25) is 0 Å². The van der Waals surface area contributed by atoms with Crippen molar-refractivity contribution in [2.45, 2.75) is 6.61 Å². The monoisotopic (exact) mass is 392 g/mol. The van der Waals surface area contributed by atoms with E-state index >= 15 is 0 Å². The second kappa shape index (κ2) is 7.59. The lowest BCUT2D eigenvalue weighted by Gasteiger charge is -2.12. The Morgan fingerprint density at radius 2 is 1.69 bits per heavy atom. The van der Waals surface area contributed by atoms with Gasteiger partial charge in [0, 0.05) is 11.6 Å². The third-order valence-corrected chi connectivity index (χ3v) is 4.48. The number of aromatic nitrogens is 1. The summed E-state index contributed by atoms with van der Waals surface area (Å²) in [6.45, 7) is -0.600. The zero-order chi connectivity index (χ0) is 20.4. The number of carbonyl (C=O) groups excluding carboxylic acids is 3. The highest BCUT2D eigenvalue weighted by atomic mass is 16.5. The summed E-state index contributed by atoms with van der Waals surface area (Å²) in [6.07, 6.45) is 0. The molecular weight excluding hydrogens is 376 g/mol. The third kappa shape index (κ3) is 3.60. The normalized spacial score (nSPS) is 12.8. The predicted octanol–water partition coefficient (Wildman–Crippen LogP) is 2.69. The maximum atomic E-state index is 12.3. The van der Waals surface area contributed by atoms with Crippen LogP contribution in [-0.4, -0.2) is 41.5 Å². The fourth-order valence-corrected chi connectivity index (χ4v) is 2.98. The summed E-state index contributed by atoms with van der Waals surface area (Å²) < 4.78 is 15.5. The second-order valence-electron chi connectivity index (χ2n) is 6.31. The fraction of sp³-hybridized carbons (Fsp3) is 0.143. The zero-order valence-electron chi connectivity index (χ0n) is 15.5. The first-order valence-electron chi connectivity index (χ1n) is 8.77. The molecule has 2 aromatic carbocycles. The summed E-state index contributed by atoms with van der Waals surface area (Å²) in [5, 5.41) is 3.87. The summed E-state index contributed by atoms with van der Waals surface area (Å²) in [5.41, 5.74) is 1.77. The van der Waals surface area contributed by atoms with Crippen molar-refractivity contribution in [3.8, 4) is 17.1 Å². The molecule has 0 N–H and O–H groups in total. The Kier molecular flexibility index (Phi) is 4.82. The number of esters is 1.